The van der Waals surface area contributed by atoms with E-state index in [1.807, 2.05) is 32.0 Å². The van der Waals surface area contributed by atoms with E-state index in [0.29, 0.717) is 24.5 Å². The molecule has 2 fully saturated rings. The summed E-state index contributed by atoms with van der Waals surface area (Å²) in [6.45, 7) is 5.80. The smallest absolute Gasteiger partial charge is 0.294 e. The highest BCUT2D eigenvalue weighted by Crippen LogP contribution is 2.33. The zero-order valence-corrected chi connectivity index (χ0v) is 18.0. The molecule has 3 amide bonds. The first kappa shape index (κ1) is 20.5. The van der Waals surface area contributed by atoms with Crippen LogP contribution in [0.5, 0.6) is 0 Å². The van der Waals surface area contributed by atoms with Gasteiger partial charge in [-0.15, -0.1) is 0 Å². The monoisotopic (exact) mass is 427 g/mol. The highest BCUT2D eigenvalue weighted by molar-refractivity contribution is 8.18. The van der Waals surface area contributed by atoms with Gasteiger partial charge >= 0.3 is 0 Å². The van der Waals surface area contributed by atoms with Gasteiger partial charge in [-0.1, -0.05) is 0 Å². The Kier molecular flexibility index (Phi) is 5.85. The lowest BCUT2D eigenvalue weighted by molar-refractivity contribution is -0.136. The SMILES string of the molecule is Cc1cc(/C=C2\SC(=O)N(CC(=O)N3CCCCC3)C2=O)c(C)n1Cc1ccco1. The molecule has 2 aliphatic rings. The summed E-state index contributed by atoms with van der Waals surface area (Å²) in [6, 6.07) is 5.76. The van der Waals surface area contributed by atoms with Crippen LogP contribution in [0.15, 0.2) is 33.8 Å². The van der Waals surface area contributed by atoms with Crippen molar-refractivity contribution in [2.75, 3.05) is 19.6 Å². The molecule has 4 heterocycles. The molecule has 0 aliphatic carbocycles. The zero-order chi connectivity index (χ0) is 21.3. The molecule has 2 saturated heterocycles. The fourth-order valence-electron chi connectivity index (χ4n) is 3.93. The van der Waals surface area contributed by atoms with Crippen molar-refractivity contribution in [3.8, 4) is 0 Å². The van der Waals surface area contributed by atoms with Crippen LogP contribution in [-0.2, 0) is 16.1 Å². The Bertz CT molecular complexity index is 1000. The molecule has 2 aliphatic heterocycles. The summed E-state index contributed by atoms with van der Waals surface area (Å²) in [5.74, 6) is 0.293. The van der Waals surface area contributed by atoms with Crippen LogP contribution in [0.2, 0.25) is 0 Å². The number of furan rings is 1. The number of aromatic nitrogens is 1. The zero-order valence-electron chi connectivity index (χ0n) is 17.2. The van der Waals surface area contributed by atoms with Gasteiger partial charge in [-0.2, -0.15) is 0 Å². The number of aryl methyl sites for hydroxylation is 1. The molecular formula is C22H25N3O4S. The molecule has 0 aromatic carbocycles. The van der Waals surface area contributed by atoms with E-state index in [0.717, 1.165) is 58.6 Å². The fourth-order valence-corrected chi connectivity index (χ4v) is 4.76. The molecular weight excluding hydrogens is 402 g/mol. The third-order valence-electron chi connectivity index (χ3n) is 5.67. The molecule has 8 heteroatoms. The summed E-state index contributed by atoms with van der Waals surface area (Å²) in [5.41, 5.74) is 2.90. The number of imide groups is 1. The van der Waals surface area contributed by atoms with Crippen molar-refractivity contribution in [3.05, 3.63) is 52.1 Å². The quantitative estimate of drug-likeness (QED) is 0.679. The third-order valence-corrected chi connectivity index (χ3v) is 6.58. The molecule has 0 unspecified atom stereocenters. The lowest BCUT2D eigenvalue weighted by Crippen LogP contribution is -2.44. The molecule has 158 valence electrons. The van der Waals surface area contributed by atoms with Crippen LogP contribution in [0.3, 0.4) is 0 Å². The van der Waals surface area contributed by atoms with Crippen LogP contribution >= 0.6 is 11.8 Å². The molecule has 0 N–H and O–H groups in total. The summed E-state index contributed by atoms with van der Waals surface area (Å²) >= 11 is 0.894. The number of amides is 3. The van der Waals surface area contributed by atoms with E-state index in [9.17, 15) is 14.4 Å². The van der Waals surface area contributed by atoms with Crippen molar-refractivity contribution in [3.63, 3.8) is 0 Å². The maximum Gasteiger partial charge on any atom is 0.294 e. The van der Waals surface area contributed by atoms with Gasteiger partial charge in [0.25, 0.3) is 11.1 Å². The highest BCUT2D eigenvalue weighted by Gasteiger charge is 2.37. The molecule has 0 spiro atoms. The molecule has 0 radical (unpaired) electrons. The number of thioether (sulfide) groups is 1. The van der Waals surface area contributed by atoms with Crippen molar-refractivity contribution in [1.82, 2.24) is 14.4 Å². The second-order valence-electron chi connectivity index (χ2n) is 7.70. The van der Waals surface area contributed by atoms with E-state index in [-0.39, 0.29) is 17.7 Å². The van der Waals surface area contributed by atoms with Gasteiger partial charge in [0, 0.05) is 24.5 Å². The Morgan fingerprint density at radius 2 is 1.97 bits per heavy atom. The maximum absolute atomic E-state index is 12.8. The van der Waals surface area contributed by atoms with Gasteiger partial charge in [0.1, 0.15) is 12.3 Å². The second-order valence-corrected chi connectivity index (χ2v) is 8.69. The number of hydrogen-bond acceptors (Lipinski definition) is 5. The molecule has 2 aromatic heterocycles. The van der Waals surface area contributed by atoms with E-state index in [2.05, 4.69) is 4.57 Å². The Balaban J connectivity index is 1.50. The summed E-state index contributed by atoms with van der Waals surface area (Å²) in [4.78, 5) is 40.9. The Morgan fingerprint density at radius 1 is 1.20 bits per heavy atom. The number of hydrogen-bond donors (Lipinski definition) is 0. The lowest BCUT2D eigenvalue weighted by Gasteiger charge is -2.27. The van der Waals surface area contributed by atoms with Gasteiger partial charge in [0.05, 0.1) is 17.7 Å². The van der Waals surface area contributed by atoms with E-state index in [1.165, 1.54) is 0 Å². The number of carbonyl (C=O) groups is 3. The van der Waals surface area contributed by atoms with E-state index in [1.54, 1.807) is 17.2 Å². The largest absolute Gasteiger partial charge is 0.467 e. The average molecular weight is 428 g/mol. The van der Waals surface area contributed by atoms with Crippen LogP contribution in [0.4, 0.5) is 4.79 Å². The van der Waals surface area contributed by atoms with Crippen LogP contribution in [0.1, 0.15) is 42.0 Å². The number of piperidine rings is 1. The van der Waals surface area contributed by atoms with Crippen molar-refractivity contribution in [1.29, 1.82) is 0 Å². The standard InChI is InChI=1S/C22H25N3O4S/c1-15-11-17(16(2)24(15)13-18-7-6-10-29-18)12-19-21(27)25(22(28)30-19)14-20(26)23-8-4-3-5-9-23/h6-7,10-12H,3-5,8-9,13-14H2,1-2H3/b19-12-. The summed E-state index contributed by atoms with van der Waals surface area (Å²) in [5, 5.41) is -0.388. The molecule has 0 saturated carbocycles. The number of nitrogens with zero attached hydrogens (tertiary/aromatic N) is 3. The molecule has 4 rings (SSSR count). The van der Waals surface area contributed by atoms with E-state index < -0.39 is 5.91 Å². The van der Waals surface area contributed by atoms with Crippen molar-refractivity contribution in [2.24, 2.45) is 0 Å². The van der Waals surface area contributed by atoms with Crippen molar-refractivity contribution >= 4 is 34.9 Å². The Morgan fingerprint density at radius 3 is 2.67 bits per heavy atom. The summed E-state index contributed by atoms with van der Waals surface area (Å²) in [7, 11) is 0. The third kappa shape index (κ3) is 4.09. The van der Waals surface area contributed by atoms with E-state index >= 15 is 0 Å². The van der Waals surface area contributed by atoms with Gasteiger partial charge in [-0.05, 0) is 74.7 Å². The molecule has 2 aromatic rings. The Hall–Kier alpha value is -2.74. The predicted molar refractivity (Wildman–Crippen MR) is 115 cm³/mol. The van der Waals surface area contributed by atoms with Gasteiger partial charge in [0.2, 0.25) is 5.91 Å². The van der Waals surface area contributed by atoms with Crippen molar-refractivity contribution < 1.29 is 18.8 Å². The summed E-state index contributed by atoms with van der Waals surface area (Å²) < 4.78 is 7.55. The first-order valence-corrected chi connectivity index (χ1v) is 11.0. The van der Waals surface area contributed by atoms with Crippen LogP contribution in [0, 0.1) is 13.8 Å². The van der Waals surface area contributed by atoms with Crippen molar-refractivity contribution in [2.45, 2.75) is 39.7 Å². The minimum absolute atomic E-state index is 0.158. The maximum atomic E-state index is 12.8. The molecule has 30 heavy (non-hydrogen) atoms. The van der Waals surface area contributed by atoms with Gasteiger partial charge < -0.3 is 13.9 Å². The molecule has 7 nitrogen and oxygen atoms in total. The number of rotatable bonds is 5. The average Bonchev–Trinajstić information content (AvgIpc) is 3.41. The van der Waals surface area contributed by atoms with Crippen LogP contribution < -0.4 is 0 Å². The summed E-state index contributed by atoms with van der Waals surface area (Å²) in [6.07, 6.45) is 6.46. The second kappa shape index (κ2) is 8.55. The molecule has 0 atom stereocenters. The number of carbonyl (C=O) groups excluding carboxylic acids is 3. The van der Waals surface area contributed by atoms with E-state index in [4.69, 9.17) is 4.42 Å². The molecule has 0 bridgehead atoms. The first-order valence-electron chi connectivity index (χ1n) is 10.2. The van der Waals surface area contributed by atoms with Gasteiger partial charge in [0.15, 0.2) is 0 Å². The van der Waals surface area contributed by atoms with Gasteiger partial charge in [-0.25, -0.2) is 0 Å². The normalized spacial score (nSPS) is 18.7. The topological polar surface area (TPSA) is 75.8 Å². The fraction of sp³-hybridized carbons (Fsp3) is 0.409. The first-order chi connectivity index (χ1) is 14.4. The number of likely N-dealkylation sites (tertiary alicyclic amines) is 1. The van der Waals surface area contributed by atoms with Gasteiger partial charge in [-0.3, -0.25) is 19.3 Å². The highest BCUT2D eigenvalue weighted by atomic mass is 32.2. The Labute approximate surface area is 179 Å². The predicted octanol–water partition coefficient (Wildman–Crippen LogP) is 3.80. The minimum Gasteiger partial charge on any atom is -0.467 e. The lowest BCUT2D eigenvalue weighted by atomic mass is 10.1. The van der Waals surface area contributed by atoms with Crippen LogP contribution in [0.25, 0.3) is 6.08 Å². The van der Waals surface area contributed by atoms with Crippen LogP contribution in [-0.4, -0.2) is 51.1 Å². The minimum atomic E-state index is -0.397.